The van der Waals surface area contributed by atoms with Gasteiger partial charge in [-0.25, -0.2) is 4.79 Å². The number of carbonyl (C=O) groups is 3. The Balaban J connectivity index is 1.66. The fourth-order valence-corrected chi connectivity index (χ4v) is 4.50. The van der Waals surface area contributed by atoms with Crippen molar-refractivity contribution in [3.05, 3.63) is 65.2 Å². The molecule has 2 atom stereocenters. The van der Waals surface area contributed by atoms with Gasteiger partial charge in [-0.2, -0.15) is 0 Å². The topological polar surface area (TPSA) is 79.0 Å². The first-order valence-corrected chi connectivity index (χ1v) is 11.5. The van der Waals surface area contributed by atoms with Gasteiger partial charge in [0.15, 0.2) is 12.1 Å². The molecule has 33 heavy (non-hydrogen) atoms. The number of hydrogen-bond acceptors (Lipinski definition) is 4. The van der Waals surface area contributed by atoms with Gasteiger partial charge in [-0.15, -0.1) is 0 Å². The van der Waals surface area contributed by atoms with Gasteiger partial charge in [-0.05, 0) is 48.9 Å². The summed E-state index contributed by atoms with van der Waals surface area (Å²) in [4.78, 5) is 41.7. The lowest BCUT2D eigenvalue weighted by molar-refractivity contribution is -0.138. The average Bonchev–Trinajstić information content (AvgIpc) is 3.11. The summed E-state index contributed by atoms with van der Waals surface area (Å²) in [6.07, 6.45) is 0.652. The highest BCUT2D eigenvalue weighted by molar-refractivity contribution is 5.90. The predicted octanol–water partition coefficient (Wildman–Crippen LogP) is 4.27. The summed E-state index contributed by atoms with van der Waals surface area (Å²) >= 11 is 0. The fourth-order valence-electron chi connectivity index (χ4n) is 4.50. The van der Waals surface area contributed by atoms with E-state index in [2.05, 4.69) is 12.2 Å². The zero-order valence-corrected chi connectivity index (χ0v) is 19.4. The fraction of sp³-hybridized carbons (Fsp3) is 0.423. The Hall–Kier alpha value is -3.35. The van der Waals surface area contributed by atoms with Gasteiger partial charge in [0, 0.05) is 25.7 Å². The number of amides is 3. The van der Waals surface area contributed by atoms with E-state index in [1.165, 1.54) is 6.92 Å². The van der Waals surface area contributed by atoms with Crippen molar-refractivity contribution in [1.82, 2.24) is 9.80 Å². The maximum Gasteiger partial charge on any atom is 0.411 e. The third kappa shape index (κ3) is 5.18. The number of rotatable bonds is 5. The van der Waals surface area contributed by atoms with Crippen LogP contribution in [0.1, 0.15) is 49.5 Å². The average molecular weight is 450 g/mol. The normalized spacial score (nSPS) is 21.1. The first-order chi connectivity index (χ1) is 15.8. The van der Waals surface area contributed by atoms with Crippen LogP contribution >= 0.6 is 0 Å². The van der Waals surface area contributed by atoms with Crippen molar-refractivity contribution >= 4 is 23.6 Å². The van der Waals surface area contributed by atoms with Gasteiger partial charge in [0.2, 0.25) is 11.8 Å². The van der Waals surface area contributed by atoms with Gasteiger partial charge in [-0.3, -0.25) is 14.5 Å². The van der Waals surface area contributed by atoms with Crippen LogP contribution in [-0.4, -0.2) is 46.8 Å². The summed E-state index contributed by atoms with van der Waals surface area (Å²) in [5.41, 5.74) is 3.36. The summed E-state index contributed by atoms with van der Waals surface area (Å²) in [5, 5.41) is 2.76. The van der Waals surface area contributed by atoms with E-state index in [1.54, 1.807) is 23.1 Å². The van der Waals surface area contributed by atoms with Crippen LogP contribution in [0.25, 0.3) is 0 Å². The van der Waals surface area contributed by atoms with Crippen LogP contribution < -0.4 is 5.32 Å². The minimum absolute atomic E-state index is 0.0882. The molecule has 2 fully saturated rings. The van der Waals surface area contributed by atoms with Gasteiger partial charge in [0.05, 0.1) is 6.54 Å². The maximum absolute atomic E-state index is 13.7. The first-order valence-electron chi connectivity index (χ1n) is 11.5. The molecule has 2 aromatic rings. The number of nitrogens with zero attached hydrogens (tertiary/aromatic N) is 2. The molecule has 0 spiro atoms. The molecule has 2 unspecified atom stereocenters. The van der Waals surface area contributed by atoms with Crippen LogP contribution in [0.3, 0.4) is 0 Å². The quantitative estimate of drug-likeness (QED) is 0.739. The number of piperidine rings is 1. The molecule has 0 aromatic heterocycles. The van der Waals surface area contributed by atoms with Crippen LogP contribution in [0.4, 0.5) is 10.5 Å². The Morgan fingerprint density at radius 3 is 2.45 bits per heavy atom. The Kier molecular flexibility index (Phi) is 6.67. The van der Waals surface area contributed by atoms with Crippen molar-refractivity contribution in [3.8, 4) is 0 Å². The molecule has 4 rings (SSSR count). The number of anilines is 1. The monoisotopic (exact) mass is 449 g/mol. The van der Waals surface area contributed by atoms with Gasteiger partial charge in [0.25, 0.3) is 0 Å². The van der Waals surface area contributed by atoms with Crippen LogP contribution in [0, 0.1) is 12.8 Å². The van der Waals surface area contributed by atoms with Crippen molar-refractivity contribution in [1.29, 1.82) is 0 Å². The van der Waals surface area contributed by atoms with E-state index in [0.29, 0.717) is 36.8 Å². The number of ether oxygens (including phenoxy) is 1. The second kappa shape index (κ2) is 9.65. The molecule has 0 saturated carbocycles. The molecule has 7 heteroatoms. The summed E-state index contributed by atoms with van der Waals surface area (Å²) in [6, 6.07) is 14.3. The Morgan fingerprint density at radius 1 is 1.09 bits per heavy atom. The molecule has 2 aromatic carbocycles. The summed E-state index contributed by atoms with van der Waals surface area (Å²) < 4.78 is 5.79. The number of hydrogen-bond donors (Lipinski definition) is 1. The Bertz CT molecular complexity index is 1030. The predicted molar refractivity (Wildman–Crippen MR) is 125 cm³/mol. The molecule has 2 aliphatic heterocycles. The van der Waals surface area contributed by atoms with E-state index in [0.717, 1.165) is 24.0 Å². The van der Waals surface area contributed by atoms with E-state index in [1.807, 2.05) is 42.2 Å². The van der Waals surface area contributed by atoms with Crippen LogP contribution in [-0.2, 0) is 20.9 Å². The van der Waals surface area contributed by atoms with Crippen LogP contribution in [0.2, 0.25) is 0 Å². The number of nitrogens with one attached hydrogen (secondary N) is 1. The van der Waals surface area contributed by atoms with Gasteiger partial charge >= 0.3 is 6.09 Å². The SMILES string of the molecule is CC(=O)Nc1cccc(C2OC(=O)N(Cc3ccc(C)cc3)C2C(=O)N2CCC(C)CC2)c1. The molecule has 2 heterocycles. The Morgan fingerprint density at radius 2 is 1.79 bits per heavy atom. The molecular weight excluding hydrogens is 418 g/mol. The third-order valence-electron chi connectivity index (χ3n) is 6.44. The summed E-state index contributed by atoms with van der Waals surface area (Å²) in [5.74, 6) is 0.311. The standard InChI is InChI=1S/C26H31N3O4/c1-17-7-9-20(10-8-17)16-29-23(25(31)28-13-11-18(2)12-14-28)24(33-26(29)32)21-5-4-6-22(15-21)27-19(3)30/h4-10,15,18,23-24H,11-14,16H2,1-3H3,(H,27,30). The lowest BCUT2D eigenvalue weighted by atomic mass is 9.96. The minimum atomic E-state index is -0.764. The molecule has 0 aliphatic carbocycles. The lowest BCUT2D eigenvalue weighted by Gasteiger charge is -2.34. The Labute approximate surface area is 194 Å². The van der Waals surface area contributed by atoms with E-state index in [9.17, 15) is 14.4 Å². The van der Waals surface area contributed by atoms with Crippen molar-refractivity contribution in [2.45, 2.75) is 52.3 Å². The smallest absolute Gasteiger partial charge is 0.411 e. The zero-order valence-electron chi connectivity index (χ0n) is 19.4. The van der Waals surface area contributed by atoms with E-state index < -0.39 is 18.2 Å². The molecule has 0 radical (unpaired) electrons. The molecular formula is C26H31N3O4. The minimum Gasteiger partial charge on any atom is -0.438 e. The molecule has 2 aliphatic rings. The highest BCUT2D eigenvalue weighted by Crippen LogP contribution is 2.36. The molecule has 7 nitrogen and oxygen atoms in total. The van der Waals surface area contributed by atoms with Crippen molar-refractivity contribution in [3.63, 3.8) is 0 Å². The molecule has 1 N–H and O–H groups in total. The number of likely N-dealkylation sites (tertiary alicyclic amines) is 1. The second-order valence-electron chi connectivity index (χ2n) is 9.18. The lowest BCUT2D eigenvalue weighted by Crippen LogP contribution is -2.50. The zero-order chi connectivity index (χ0) is 23.5. The van der Waals surface area contributed by atoms with Crippen molar-refractivity contribution in [2.75, 3.05) is 18.4 Å². The van der Waals surface area contributed by atoms with E-state index in [-0.39, 0.29) is 11.8 Å². The van der Waals surface area contributed by atoms with Gasteiger partial charge in [0.1, 0.15) is 0 Å². The summed E-state index contributed by atoms with van der Waals surface area (Å²) in [6.45, 7) is 7.31. The number of aryl methyl sites for hydroxylation is 1. The molecule has 3 amide bonds. The van der Waals surface area contributed by atoms with Crippen molar-refractivity contribution in [2.24, 2.45) is 5.92 Å². The molecule has 0 bridgehead atoms. The second-order valence-corrected chi connectivity index (χ2v) is 9.18. The molecule has 174 valence electrons. The number of benzene rings is 2. The first kappa shape index (κ1) is 22.8. The maximum atomic E-state index is 13.7. The third-order valence-corrected chi connectivity index (χ3v) is 6.44. The van der Waals surface area contributed by atoms with Crippen molar-refractivity contribution < 1.29 is 19.1 Å². The largest absolute Gasteiger partial charge is 0.438 e. The van der Waals surface area contributed by atoms with Gasteiger partial charge < -0.3 is 15.0 Å². The highest BCUT2D eigenvalue weighted by Gasteiger charge is 2.48. The van der Waals surface area contributed by atoms with E-state index >= 15 is 0 Å². The summed E-state index contributed by atoms with van der Waals surface area (Å²) in [7, 11) is 0. The highest BCUT2D eigenvalue weighted by atomic mass is 16.6. The van der Waals surface area contributed by atoms with E-state index in [4.69, 9.17) is 4.74 Å². The van der Waals surface area contributed by atoms with Crippen LogP contribution in [0.5, 0.6) is 0 Å². The number of carbonyl (C=O) groups excluding carboxylic acids is 3. The van der Waals surface area contributed by atoms with Crippen LogP contribution in [0.15, 0.2) is 48.5 Å². The molecule has 2 saturated heterocycles. The number of cyclic esters (lactones) is 1. The van der Waals surface area contributed by atoms with Gasteiger partial charge in [-0.1, -0.05) is 48.9 Å².